The molecule has 0 saturated carbocycles. The molecule has 5 nitrogen and oxygen atoms in total. The summed E-state index contributed by atoms with van der Waals surface area (Å²) in [6.07, 6.45) is 3.51. The highest BCUT2D eigenvalue weighted by molar-refractivity contribution is 5.99. The molecule has 1 N–H and O–H groups in total. The number of nitrogens with zero attached hydrogens (tertiary/aromatic N) is 1. The van der Waals surface area contributed by atoms with Gasteiger partial charge in [-0.05, 0) is 6.07 Å². The fraction of sp³-hybridized carbons (Fsp3) is 0.0714. The van der Waals surface area contributed by atoms with Gasteiger partial charge in [0.1, 0.15) is 0 Å². The van der Waals surface area contributed by atoms with Crippen molar-refractivity contribution >= 4 is 17.6 Å². The summed E-state index contributed by atoms with van der Waals surface area (Å²) in [5.74, 6) is -1.62. The number of rotatable bonds is 4. The number of anilines is 1. The van der Waals surface area contributed by atoms with E-state index in [9.17, 15) is 14.7 Å². The van der Waals surface area contributed by atoms with Crippen LogP contribution in [-0.2, 0) is 11.3 Å². The standard InChI is InChI=1S/C14H12N2O3/c17-13(10-16-8-4-1-5-9-16)15-12-7-3-2-6-11(12)14(18)19/h1-9H,10H2,(H-,15,17,18,19). The van der Waals surface area contributed by atoms with Crippen molar-refractivity contribution < 1.29 is 19.3 Å². The van der Waals surface area contributed by atoms with Crippen LogP contribution in [0.5, 0.6) is 0 Å². The number of carbonyl (C=O) groups is 2. The Morgan fingerprint density at radius 1 is 1.05 bits per heavy atom. The van der Waals surface area contributed by atoms with E-state index in [2.05, 4.69) is 5.32 Å². The number of nitrogens with one attached hydrogen (secondary N) is 1. The quantitative estimate of drug-likeness (QED) is 0.781. The van der Waals surface area contributed by atoms with E-state index in [4.69, 9.17) is 0 Å². The fourth-order valence-corrected chi connectivity index (χ4v) is 1.67. The molecule has 1 heterocycles. The lowest BCUT2D eigenvalue weighted by Crippen LogP contribution is -2.39. The highest BCUT2D eigenvalue weighted by Crippen LogP contribution is 2.13. The summed E-state index contributed by atoms with van der Waals surface area (Å²) in [7, 11) is 0. The van der Waals surface area contributed by atoms with Crippen LogP contribution in [0.4, 0.5) is 5.69 Å². The minimum Gasteiger partial charge on any atom is -0.545 e. The molecule has 0 aliphatic heterocycles. The van der Waals surface area contributed by atoms with Gasteiger partial charge in [-0.3, -0.25) is 4.79 Å². The molecule has 1 aromatic heterocycles. The normalized spacial score (nSPS) is 9.89. The zero-order valence-electron chi connectivity index (χ0n) is 10.1. The van der Waals surface area contributed by atoms with E-state index in [1.165, 1.54) is 12.1 Å². The van der Waals surface area contributed by atoms with Gasteiger partial charge in [-0.2, -0.15) is 4.57 Å². The van der Waals surface area contributed by atoms with Crippen LogP contribution in [0.3, 0.4) is 0 Å². The van der Waals surface area contributed by atoms with Gasteiger partial charge in [0, 0.05) is 17.7 Å². The van der Waals surface area contributed by atoms with Crippen molar-refractivity contribution in [2.45, 2.75) is 6.54 Å². The lowest BCUT2D eigenvalue weighted by atomic mass is 10.2. The van der Waals surface area contributed by atoms with Crippen molar-refractivity contribution in [3.8, 4) is 0 Å². The molecular formula is C14H12N2O3. The van der Waals surface area contributed by atoms with Gasteiger partial charge in [0.25, 0.3) is 5.91 Å². The first-order valence-electron chi connectivity index (χ1n) is 5.71. The first-order valence-corrected chi connectivity index (χ1v) is 5.71. The molecule has 5 heteroatoms. The Bertz CT molecular complexity index is 597. The summed E-state index contributed by atoms with van der Waals surface area (Å²) in [4.78, 5) is 22.7. The molecule has 19 heavy (non-hydrogen) atoms. The second kappa shape index (κ2) is 5.77. The van der Waals surface area contributed by atoms with Gasteiger partial charge < -0.3 is 15.2 Å². The van der Waals surface area contributed by atoms with Gasteiger partial charge in [0.2, 0.25) is 6.54 Å². The number of hydrogen-bond acceptors (Lipinski definition) is 3. The molecule has 0 bridgehead atoms. The minimum absolute atomic E-state index is 0.0334. The Balaban J connectivity index is 2.09. The Labute approximate surface area is 110 Å². The Kier molecular flexibility index (Phi) is 3.87. The van der Waals surface area contributed by atoms with Crippen LogP contribution in [0.15, 0.2) is 54.9 Å². The number of carbonyl (C=O) groups excluding carboxylic acids is 2. The topological polar surface area (TPSA) is 73.1 Å². The first kappa shape index (κ1) is 12.8. The number of amides is 1. The van der Waals surface area contributed by atoms with Gasteiger partial charge in [-0.15, -0.1) is 0 Å². The van der Waals surface area contributed by atoms with Crippen LogP contribution in [0.25, 0.3) is 0 Å². The molecule has 0 aliphatic carbocycles. The summed E-state index contributed by atoms with van der Waals surface area (Å²) >= 11 is 0. The molecule has 0 saturated heterocycles. The summed E-state index contributed by atoms with van der Waals surface area (Å²) in [5, 5.41) is 13.5. The van der Waals surface area contributed by atoms with E-state index in [1.54, 1.807) is 29.1 Å². The largest absolute Gasteiger partial charge is 0.545 e. The second-order valence-corrected chi connectivity index (χ2v) is 3.93. The lowest BCUT2D eigenvalue weighted by Gasteiger charge is -2.10. The fourth-order valence-electron chi connectivity index (χ4n) is 1.67. The SMILES string of the molecule is O=C(C[n+]1ccccc1)Nc1ccccc1C(=O)[O-]. The number of carboxylic acids is 1. The van der Waals surface area contributed by atoms with Crippen LogP contribution < -0.4 is 15.0 Å². The molecule has 0 atom stereocenters. The number of para-hydroxylation sites is 1. The third kappa shape index (κ3) is 3.38. The average Bonchev–Trinajstić information content (AvgIpc) is 2.40. The van der Waals surface area contributed by atoms with Crippen LogP contribution in [0.2, 0.25) is 0 Å². The number of benzene rings is 1. The van der Waals surface area contributed by atoms with Crippen molar-refractivity contribution in [3.63, 3.8) is 0 Å². The van der Waals surface area contributed by atoms with Crippen LogP contribution >= 0.6 is 0 Å². The number of aromatic carboxylic acids is 1. The molecule has 2 aromatic rings. The van der Waals surface area contributed by atoms with E-state index in [-0.39, 0.29) is 23.7 Å². The predicted molar refractivity (Wildman–Crippen MR) is 66.0 cm³/mol. The van der Waals surface area contributed by atoms with Gasteiger partial charge in [0.15, 0.2) is 12.4 Å². The van der Waals surface area contributed by atoms with Crippen molar-refractivity contribution in [1.29, 1.82) is 0 Å². The van der Waals surface area contributed by atoms with Crippen molar-refractivity contribution in [3.05, 3.63) is 60.4 Å². The highest BCUT2D eigenvalue weighted by Gasteiger charge is 2.11. The third-order valence-electron chi connectivity index (χ3n) is 2.52. The number of carboxylic acid groups (broad SMARTS) is 1. The molecule has 0 radical (unpaired) electrons. The predicted octanol–water partition coefficient (Wildman–Crippen LogP) is -0.0237. The van der Waals surface area contributed by atoms with Crippen LogP contribution in [0.1, 0.15) is 10.4 Å². The van der Waals surface area contributed by atoms with E-state index in [1.807, 2.05) is 18.2 Å². The maximum atomic E-state index is 11.8. The Morgan fingerprint density at radius 2 is 1.74 bits per heavy atom. The molecular weight excluding hydrogens is 244 g/mol. The maximum Gasteiger partial charge on any atom is 0.290 e. The monoisotopic (exact) mass is 256 g/mol. The minimum atomic E-state index is -1.32. The zero-order valence-corrected chi connectivity index (χ0v) is 10.1. The molecule has 1 aromatic carbocycles. The zero-order chi connectivity index (χ0) is 13.7. The highest BCUT2D eigenvalue weighted by atomic mass is 16.4. The van der Waals surface area contributed by atoms with Gasteiger partial charge in [-0.25, -0.2) is 0 Å². The Morgan fingerprint density at radius 3 is 2.42 bits per heavy atom. The van der Waals surface area contributed by atoms with E-state index >= 15 is 0 Å². The van der Waals surface area contributed by atoms with Crippen molar-refractivity contribution in [1.82, 2.24) is 0 Å². The van der Waals surface area contributed by atoms with Crippen LogP contribution in [-0.4, -0.2) is 11.9 Å². The molecule has 0 spiro atoms. The van der Waals surface area contributed by atoms with Gasteiger partial charge >= 0.3 is 0 Å². The molecule has 1 amide bonds. The van der Waals surface area contributed by atoms with Gasteiger partial charge in [0.05, 0.1) is 11.7 Å². The Hall–Kier alpha value is -2.69. The van der Waals surface area contributed by atoms with Crippen molar-refractivity contribution in [2.75, 3.05) is 5.32 Å². The van der Waals surface area contributed by atoms with E-state index < -0.39 is 5.97 Å². The molecule has 2 rings (SSSR count). The average molecular weight is 256 g/mol. The lowest BCUT2D eigenvalue weighted by molar-refractivity contribution is -0.684. The van der Waals surface area contributed by atoms with E-state index in [0.717, 1.165) is 0 Å². The summed E-state index contributed by atoms with van der Waals surface area (Å²) in [5.41, 5.74) is 0.206. The third-order valence-corrected chi connectivity index (χ3v) is 2.52. The molecule has 0 unspecified atom stereocenters. The van der Waals surface area contributed by atoms with Crippen molar-refractivity contribution in [2.24, 2.45) is 0 Å². The maximum absolute atomic E-state index is 11.8. The smallest absolute Gasteiger partial charge is 0.290 e. The molecule has 0 fully saturated rings. The molecule has 0 aliphatic rings. The number of aromatic nitrogens is 1. The summed E-state index contributed by atoms with van der Waals surface area (Å²) in [6, 6.07) is 11.6. The first-order chi connectivity index (χ1) is 9.16. The van der Waals surface area contributed by atoms with E-state index in [0.29, 0.717) is 0 Å². The molecule has 96 valence electrons. The van der Waals surface area contributed by atoms with Crippen LogP contribution in [0, 0.1) is 0 Å². The van der Waals surface area contributed by atoms with Gasteiger partial charge in [-0.1, -0.05) is 24.3 Å². The summed E-state index contributed by atoms with van der Waals surface area (Å²) in [6.45, 7) is 0.113. The summed E-state index contributed by atoms with van der Waals surface area (Å²) < 4.78 is 1.69. The number of hydrogen-bond donors (Lipinski definition) is 1. The second-order valence-electron chi connectivity index (χ2n) is 3.93. The number of pyridine rings is 1.